The van der Waals surface area contributed by atoms with E-state index in [-0.39, 0.29) is 12.4 Å². The van der Waals surface area contributed by atoms with E-state index in [2.05, 4.69) is 41.4 Å². The highest BCUT2D eigenvalue weighted by Crippen LogP contribution is 2.18. The van der Waals surface area contributed by atoms with Gasteiger partial charge in [0.1, 0.15) is 0 Å². The summed E-state index contributed by atoms with van der Waals surface area (Å²) in [6, 6.07) is 9.08. The molecule has 0 amide bonds. The third-order valence-corrected chi connectivity index (χ3v) is 3.70. The van der Waals surface area contributed by atoms with Gasteiger partial charge >= 0.3 is 0 Å². The Balaban J connectivity index is 0.00000162. The highest BCUT2D eigenvalue weighted by atomic mass is 35.5. The molecule has 102 valence electrons. The van der Waals surface area contributed by atoms with E-state index in [4.69, 9.17) is 0 Å². The van der Waals surface area contributed by atoms with Gasteiger partial charge in [-0.3, -0.25) is 4.90 Å². The van der Waals surface area contributed by atoms with Crippen LogP contribution in [-0.4, -0.2) is 31.6 Å². The van der Waals surface area contributed by atoms with Crippen LogP contribution in [0.1, 0.15) is 24.5 Å². The molecule has 0 aliphatic carbocycles. The van der Waals surface area contributed by atoms with Crippen LogP contribution in [0.5, 0.6) is 0 Å². The van der Waals surface area contributed by atoms with Crippen LogP contribution < -0.4 is 5.32 Å². The Bertz CT molecular complexity index is 337. The van der Waals surface area contributed by atoms with E-state index in [1.165, 1.54) is 30.6 Å². The minimum atomic E-state index is 0. The molecule has 18 heavy (non-hydrogen) atoms. The fourth-order valence-corrected chi connectivity index (χ4v) is 2.65. The number of benzene rings is 1. The first-order valence-electron chi connectivity index (χ1n) is 6.76. The number of aryl methyl sites for hydroxylation is 1. The second-order valence-electron chi connectivity index (χ2n) is 5.12. The molecule has 0 bridgehead atoms. The largest absolute Gasteiger partial charge is 0.319 e. The van der Waals surface area contributed by atoms with Crippen molar-refractivity contribution in [2.24, 2.45) is 5.92 Å². The minimum absolute atomic E-state index is 0. The number of hydrogen-bond acceptors (Lipinski definition) is 2. The zero-order valence-electron chi connectivity index (χ0n) is 11.5. The van der Waals surface area contributed by atoms with Crippen LogP contribution in [0, 0.1) is 5.92 Å². The van der Waals surface area contributed by atoms with E-state index in [1.54, 1.807) is 0 Å². The van der Waals surface area contributed by atoms with E-state index in [0.29, 0.717) is 0 Å². The molecule has 2 nitrogen and oxygen atoms in total. The summed E-state index contributed by atoms with van der Waals surface area (Å²) in [6.45, 7) is 6.98. The number of hydrogen-bond donors (Lipinski definition) is 1. The second-order valence-corrected chi connectivity index (χ2v) is 5.12. The lowest BCUT2D eigenvalue weighted by molar-refractivity contribution is 0.315. The third-order valence-electron chi connectivity index (χ3n) is 3.70. The predicted octanol–water partition coefficient (Wildman–Crippen LogP) is 2.71. The monoisotopic (exact) mass is 268 g/mol. The fourth-order valence-electron chi connectivity index (χ4n) is 2.65. The molecule has 1 fully saturated rings. The van der Waals surface area contributed by atoms with Gasteiger partial charge in [0.15, 0.2) is 0 Å². The van der Waals surface area contributed by atoms with Gasteiger partial charge in [-0.1, -0.05) is 31.2 Å². The first kappa shape index (κ1) is 15.5. The predicted molar refractivity (Wildman–Crippen MR) is 80.4 cm³/mol. The van der Waals surface area contributed by atoms with Crippen LogP contribution in [0.25, 0.3) is 0 Å². The van der Waals surface area contributed by atoms with Crippen molar-refractivity contribution < 1.29 is 0 Å². The zero-order valence-corrected chi connectivity index (χ0v) is 12.3. The first-order chi connectivity index (χ1) is 8.31. The molecule has 1 saturated heterocycles. The van der Waals surface area contributed by atoms with Gasteiger partial charge in [-0.2, -0.15) is 0 Å². The quantitative estimate of drug-likeness (QED) is 0.883. The SMILES string of the molecule is CCc1ccc(CN2CCC(CNC)C2)cc1.Cl. The van der Waals surface area contributed by atoms with E-state index in [0.717, 1.165) is 25.4 Å². The van der Waals surface area contributed by atoms with Crippen LogP contribution >= 0.6 is 12.4 Å². The minimum Gasteiger partial charge on any atom is -0.319 e. The van der Waals surface area contributed by atoms with Crippen molar-refractivity contribution in [3.63, 3.8) is 0 Å². The highest BCUT2D eigenvalue weighted by molar-refractivity contribution is 5.85. The maximum absolute atomic E-state index is 3.28. The molecule has 1 aromatic rings. The van der Waals surface area contributed by atoms with Crippen molar-refractivity contribution in [2.75, 3.05) is 26.7 Å². The molecule has 1 unspecified atom stereocenters. The Kier molecular flexibility index (Phi) is 6.69. The Morgan fingerprint density at radius 1 is 1.22 bits per heavy atom. The number of rotatable bonds is 5. The molecule has 0 spiro atoms. The van der Waals surface area contributed by atoms with Crippen LogP contribution in [0.3, 0.4) is 0 Å². The Hall–Kier alpha value is -0.570. The van der Waals surface area contributed by atoms with E-state index in [1.807, 2.05) is 7.05 Å². The molecular weight excluding hydrogens is 244 g/mol. The summed E-state index contributed by atoms with van der Waals surface area (Å²) in [5.41, 5.74) is 2.88. The smallest absolute Gasteiger partial charge is 0.0233 e. The average Bonchev–Trinajstić information content (AvgIpc) is 2.78. The molecule has 1 aliphatic rings. The first-order valence-corrected chi connectivity index (χ1v) is 6.76. The Labute approximate surface area is 117 Å². The summed E-state index contributed by atoms with van der Waals surface area (Å²) in [5.74, 6) is 0.843. The molecule has 0 aromatic heterocycles. The van der Waals surface area contributed by atoms with Gasteiger partial charge in [0.2, 0.25) is 0 Å². The maximum Gasteiger partial charge on any atom is 0.0233 e. The number of nitrogens with zero attached hydrogens (tertiary/aromatic N) is 1. The molecule has 1 N–H and O–H groups in total. The van der Waals surface area contributed by atoms with Crippen LogP contribution in [0.4, 0.5) is 0 Å². The van der Waals surface area contributed by atoms with Crippen molar-refractivity contribution in [2.45, 2.75) is 26.3 Å². The van der Waals surface area contributed by atoms with Crippen LogP contribution in [0.2, 0.25) is 0 Å². The van der Waals surface area contributed by atoms with Crippen LogP contribution in [-0.2, 0) is 13.0 Å². The second kappa shape index (κ2) is 7.78. The summed E-state index contributed by atoms with van der Waals surface area (Å²) in [5, 5.41) is 3.28. The summed E-state index contributed by atoms with van der Waals surface area (Å²) >= 11 is 0. The summed E-state index contributed by atoms with van der Waals surface area (Å²) < 4.78 is 0. The molecule has 1 heterocycles. The third kappa shape index (κ3) is 4.27. The van der Waals surface area contributed by atoms with Gasteiger partial charge in [-0.25, -0.2) is 0 Å². The Morgan fingerprint density at radius 2 is 1.89 bits per heavy atom. The lowest BCUT2D eigenvalue weighted by atomic mass is 10.1. The van der Waals surface area contributed by atoms with E-state index >= 15 is 0 Å². The summed E-state index contributed by atoms with van der Waals surface area (Å²) in [6.07, 6.45) is 2.47. The standard InChI is InChI=1S/C15H24N2.ClH/c1-3-13-4-6-14(7-5-13)11-17-9-8-15(12-17)10-16-2;/h4-7,15-16H,3,8-12H2,1-2H3;1H. The molecule has 1 atom stereocenters. The van der Waals surface area contributed by atoms with E-state index in [9.17, 15) is 0 Å². The topological polar surface area (TPSA) is 15.3 Å². The lowest BCUT2D eigenvalue weighted by Crippen LogP contribution is -2.24. The molecule has 3 heteroatoms. The number of halogens is 1. The Morgan fingerprint density at radius 3 is 2.50 bits per heavy atom. The summed E-state index contributed by atoms with van der Waals surface area (Å²) in [4.78, 5) is 2.57. The van der Waals surface area contributed by atoms with E-state index < -0.39 is 0 Å². The fraction of sp³-hybridized carbons (Fsp3) is 0.600. The molecule has 0 saturated carbocycles. The van der Waals surface area contributed by atoms with Gasteiger partial charge in [0.05, 0.1) is 0 Å². The van der Waals surface area contributed by atoms with Crippen molar-refractivity contribution in [3.05, 3.63) is 35.4 Å². The van der Waals surface area contributed by atoms with Gasteiger partial charge in [-0.05, 0) is 50.0 Å². The lowest BCUT2D eigenvalue weighted by Gasteiger charge is -2.16. The van der Waals surface area contributed by atoms with Gasteiger partial charge in [0.25, 0.3) is 0 Å². The molecule has 1 aromatic carbocycles. The molecule has 2 rings (SSSR count). The molecular formula is C15H25ClN2. The van der Waals surface area contributed by atoms with Crippen molar-refractivity contribution in [1.82, 2.24) is 10.2 Å². The van der Waals surface area contributed by atoms with Gasteiger partial charge < -0.3 is 5.32 Å². The highest BCUT2D eigenvalue weighted by Gasteiger charge is 2.21. The number of nitrogens with one attached hydrogen (secondary N) is 1. The summed E-state index contributed by atoms with van der Waals surface area (Å²) in [7, 11) is 2.05. The normalized spacial score (nSPS) is 19.8. The zero-order chi connectivity index (χ0) is 12.1. The maximum atomic E-state index is 3.28. The molecule has 0 radical (unpaired) electrons. The van der Waals surface area contributed by atoms with Gasteiger partial charge in [-0.15, -0.1) is 12.4 Å². The van der Waals surface area contributed by atoms with Gasteiger partial charge in [0, 0.05) is 13.1 Å². The average molecular weight is 269 g/mol. The number of likely N-dealkylation sites (tertiary alicyclic amines) is 1. The van der Waals surface area contributed by atoms with Crippen molar-refractivity contribution >= 4 is 12.4 Å². The molecule has 1 aliphatic heterocycles. The van der Waals surface area contributed by atoms with Crippen molar-refractivity contribution in [1.29, 1.82) is 0 Å². The van der Waals surface area contributed by atoms with Crippen molar-refractivity contribution in [3.8, 4) is 0 Å². The van der Waals surface area contributed by atoms with Crippen LogP contribution in [0.15, 0.2) is 24.3 Å².